The van der Waals surface area contributed by atoms with E-state index in [2.05, 4.69) is 11.2 Å². The van der Waals surface area contributed by atoms with Crippen molar-refractivity contribution < 1.29 is 18.4 Å². The van der Waals surface area contributed by atoms with Gasteiger partial charge in [-0.25, -0.2) is 4.21 Å². The predicted molar refractivity (Wildman–Crippen MR) is 110 cm³/mol. The maximum atomic E-state index is 12.2. The van der Waals surface area contributed by atoms with Crippen molar-refractivity contribution in [2.24, 2.45) is 0 Å². The van der Waals surface area contributed by atoms with Crippen LogP contribution in [-0.2, 0) is 31.6 Å². The topological polar surface area (TPSA) is 44.8 Å². The van der Waals surface area contributed by atoms with Gasteiger partial charge in [-0.05, 0) is 24.6 Å². The molecule has 0 aromatic heterocycles. The van der Waals surface area contributed by atoms with Crippen molar-refractivity contribution >= 4 is 10.8 Å². The Kier molecular flexibility index (Phi) is 7.81. The highest BCUT2D eigenvalue weighted by molar-refractivity contribution is 7.89. The maximum Gasteiger partial charge on any atom is 0.171 e. The van der Waals surface area contributed by atoms with Crippen LogP contribution < -0.4 is 0 Å². The molecule has 0 bridgehead atoms. The van der Waals surface area contributed by atoms with Crippen LogP contribution in [0.1, 0.15) is 30.4 Å². The van der Waals surface area contributed by atoms with Gasteiger partial charge in [-0.15, -0.1) is 0 Å². The molecule has 1 heterocycles. The third-order valence-electron chi connectivity index (χ3n) is 4.58. The molecule has 1 aliphatic rings. The molecule has 2 aromatic carbocycles. The van der Waals surface area contributed by atoms with E-state index in [1.165, 1.54) is 0 Å². The monoisotopic (exact) mass is 398 g/mol. The fraction of sp³-hybridized carbons (Fsp3) is 0.391. The minimum atomic E-state index is -1.30. The summed E-state index contributed by atoms with van der Waals surface area (Å²) in [7, 11) is -1.30. The second-order valence-corrected chi connectivity index (χ2v) is 7.97. The summed E-state index contributed by atoms with van der Waals surface area (Å²) in [4.78, 5) is 0.732. The molecule has 0 saturated carbocycles. The molecule has 1 atom stereocenters. The van der Waals surface area contributed by atoms with Crippen molar-refractivity contribution in [1.82, 2.24) is 0 Å². The summed E-state index contributed by atoms with van der Waals surface area (Å²) >= 11 is 0. The van der Waals surface area contributed by atoms with Gasteiger partial charge in [0.05, 0.1) is 31.3 Å². The highest BCUT2D eigenvalue weighted by atomic mass is 32.2. The highest BCUT2D eigenvalue weighted by Crippen LogP contribution is 2.28. The van der Waals surface area contributed by atoms with Crippen LogP contribution in [0.5, 0.6) is 0 Å². The first-order chi connectivity index (χ1) is 13.7. The van der Waals surface area contributed by atoms with E-state index in [9.17, 15) is 4.21 Å². The third kappa shape index (κ3) is 6.29. The van der Waals surface area contributed by atoms with E-state index in [4.69, 9.17) is 14.2 Å². The zero-order valence-corrected chi connectivity index (χ0v) is 17.0. The summed E-state index contributed by atoms with van der Waals surface area (Å²) in [5.41, 5.74) is 2.29. The Morgan fingerprint density at radius 3 is 2.46 bits per heavy atom. The number of benzene rings is 2. The van der Waals surface area contributed by atoms with E-state index in [0.29, 0.717) is 45.7 Å². The van der Waals surface area contributed by atoms with Crippen LogP contribution in [0.4, 0.5) is 0 Å². The van der Waals surface area contributed by atoms with Gasteiger partial charge in [-0.1, -0.05) is 53.9 Å². The molecule has 0 spiro atoms. The van der Waals surface area contributed by atoms with Crippen LogP contribution in [0.15, 0.2) is 59.5 Å². The molecule has 0 amide bonds. The van der Waals surface area contributed by atoms with Crippen molar-refractivity contribution in [3.63, 3.8) is 0 Å². The average Bonchev–Trinajstić information content (AvgIpc) is 3.19. The van der Waals surface area contributed by atoms with Crippen molar-refractivity contribution in [3.05, 3.63) is 65.7 Å². The molecule has 4 nitrogen and oxygen atoms in total. The lowest BCUT2D eigenvalue weighted by atomic mass is 10.1. The maximum absolute atomic E-state index is 12.2. The van der Waals surface area contributed by atoms with Gasteiger partial charge in [0.2, 0.25) is 0 Å². The fourth-order valence-corrected chi connectivity index (χ4v) is 3.73. The predicted octanol–water partition coefficient (Wildman–Crippen LogP) is 4.19. The normalized spacial score (nSPS) is 16.3. The first-order valence-electron chi connectivity index (χ1n) is 9.53. The van der Waals surface area contributed by atoms with Gasteiger partial charge in [0.1, 0.15) is 10.8 Å². The number of ether oxygens (including phenoxy) is 3. The van der Waals surface area contributed by atoms with E-state index < -0.39 is 16.6 Å². The quantitative estimate of drug-likeness (QED) is 0.494. The Bertz CT molecular complexity index is 815. The lowest BCUT2D eigenvalue weighted by Crippen LogP contribution is -2.31. The molecule has 0 radical (unpaired) electrons. The van der Waals surface area contributed by atoms with Crippen LogP contribution >= 0.6 is 0 Å². The molecule has 148 valence electrons. The number of hydrogen-bond acceptors (Lipinski definition) is 4. The average molecular weight is 399 g/mol. The van der Waals surface area contributed by atoms with E-state index >= 15 is 0 Å². The molecule has 0 aliphatic carbocycles. The first kappa shape index (κ1) is 20.8. The summed E-state index contributed by atoms with van der Waals surface area (Å²) in [5.74, 6) is 2.37. The van der Waals surface area contributed by atoms with Gasteiger partial charge < -0.3 is 14.2 Å². The molecule has 1 saturated heterocycles. The summed E-state index contributed by atoms with van der Waals surface area (Å²) in [6.45, 7) is 4.30. The fourth-order valence-electron chi connectivity index (χ4n) is 2.99. The minimum absolute atomic E-state index is 0.553. The molecule has 2 aromatic rings. The van der Waals surface area contributed by atoms with Gasteiger partial charge >= 0.3 is 0 Å². The van der Waals surface area contributed by atoms with Crippen LogP contribution in [0.2, 0.25) is 0 Å². The smallest absolute Gasteiger partial charge is 0.171 e. The van der Waals surface area contributed by atoms with E-state index in [-0.39, 0.29) is 0 Å². The van der Waals surface area contributed by atoms with Crippen molar-refractivity contribution in [1.29, 1.82) is 0 Å². The van der Waals surface area contributed by atoms with E-state index in [1.54, 1.807) is 0 Å². The minimum Gasteiger partial charge on any atom is -0.377 e. The Labute approximate surface area is 169 Å². The molecule has 3 rings (SSSR count). The van der Waals surface area contributed by atoms with E-state index in [1.807, 2.05) is 61.5 Å². The number of rotatable bonds is 8. The molecular weight excluding hydrogens is 372 g/mol. The van der Waals surface area contributed by atoms with Gasteiger partial charge in [-0.3, -0.25) is 0 Å². The molecule has 1 unspecified atom stereocenters. The van der Waals surface area contributed by atoms with Crippen molar-refractivity contribution in [2.45, 2.75) is 43.5 Å². The van der Waals surface area contributed by atoms with Crippen LogP contribution in [-0.4, -0.2) is 29.8 Å². The Balaban J connectivity index is 1.45. The molecule has 0 N–H and O–H groups in total. The Morgan fingerprint density at radius 2 is 1.75 bits per heavy atom. The summed E-state index contributed by atoms with van der Waals surface area (Å²) in [5, 5.41) is 2.83. The van der Waals surface area contributed by atoms with Crippen LogP contribution in [0.3, 0.4) is 0 Å². The summed E-state index contributed by atoms with van der Waals surface area (Å²) < 4.78 is 29.7. The van der Waals surface area contributed by atoms with Gasteiger partial charge in [0, 0.05) is 24.5 Å². The second kappa shape index (κ2) is 10.5. The lowest BCUT2D eigenvalue weighted by molar-refractivity contribution is -0.174. The Morgan fingerprint density at radius 1 is 1.04 bits per heavy atom. The highest BCUT2D eigenvalue weighted by Gasteiger charge is 2.35. The van der Waals surface area contributed by atoms with E-state index in [0.717, 1.165) is 16.0 Å². The zero-order chi connectivity index (χ0) is 19.7. The number of aryl methyl sites for hydroxylation is 1. The van der Waals surface area contributed by atoms with Crippen molar-refractivity contribution in [3.8, 4) is 11.2 Å². The standard InChI is InChI=1S/C23H26O4S/c1-20-9-11-22(12-10-20)28(24)18-6-5-13-23(26-16-17-27-23)14-15-25-19-21-7-3-2-4-8-21/h2-4,7-12H,5,13-17,19H2,1H3. The second-order valence-electron chi connectivity index (χ2n) is 6.76. The Hall–Kier alpha value is -1.97. The van der Waals surface area contributed by atoms with Crippen molar-refractivity contribution in [2.75, 3.05) is 19.8 Å². The lowest BCUT2D eigenvalue weighted by Gasteiger charge is -2.26. The molecule has 1 fully saturated rings. The van der Waals surface area contributed by atoms with Gasteiger partial charge in [0.25, 0.3) is 0 Å². The molecular formula is C23H26O4S. The summed E-state index contributed by atoms with van der Waals surface area (Å²) in [6.07, 6.45) is 1.86. The van der Waals surface area contributed by atoms with Gasteiger partial charge in [-0.2, -0.15) is 0 Å². The zero-order valence-electron chi connectivity index (χ0n) is 16.2. The molecule has 5 heteroatoms. The molecule has 28 heavy (non-hydrogen) atoms. The summed E-state index contributed by atoms with van der Waals surface area (Å²) in [6, 6.07) is 17.7. The van der Waals surface area contributed by atoms with Crippen LogP contribution in [0, 0.1) is 18.1 Å². The molecule has 1 aliphatic heterocycles. The van der Waals surface area contributed by atoms with Crippen LogP contribution in [0.25, 0.3) is 0 Å². The van der Waals surface area contributed by atoms with Gasteiger partial charge in [0.15, 0.2) is 5.79 Å². The first-order valence-corrected chi connectivity index (χ1v) is 10.7. The number of hydrogen-bond donors (Lipinski definition) is 0. The largest absolute Gasteiger partial charge is 0.377 e. The third-order valence-corrected chi connectivity index (χ3v) is 5.61. The SMILES string of the molecule is Cc1ccc(S(=O)C#CCCC2(CCOCc3ccccc3)OCCO2)cc1.